The lowest BCUT2D eigenvalue weighted by molar-refractivity contribution is 0.412. The van der Waals surface area contributed by atoms with Gasteiger partial charge in [0.2, 0.25) is 0 Å². The third kappa shape index (κ3) is 2.68. The normalized spacial score (nSPS) is 24.1. The van der Waals surface area contributed by atoms with Gasteiger partial charge in [-0.25, -0.2) is 15.0 Å². The highest BCUT2D eigenvalue weighted by Crippen LogP contribution is 2.41. The molecule has 0 saturated carbocycles. The summed E-state index contributed by atoms with van der Waals surface area (Å²) in [5, 5.41) is 1.74. The minimum atomic E-state index is 0.310. The van der Waals surface area contributed by atoms with E-state index in [4.69, 9.17) is 27.3 Å². The topological polar surface area (TPSA) is 83.7 Å². The molecule has 3 aromatic heterocycles. The van der Waals surface area contributed by atoms with Gasteiger partial charge in [0, 0.05) is 35.4 Å². The molecule has 5 heterocycles. The van der Waals surface area contributed by atoms with Gasteiger partial charge in [0.25, 0.3) is 0 Å². The number of nitrogens with one attached hydrogen (secondary N) is 1. The third-order valence-corrected chi connectivity index (χ3v) is 7.81. The van der Waals surface area contributed by atoms with Crippen LogP contribution in [-0.2, 0) is 0 Å². The second kappa shape index (κ2) is 6.39. The summed E-state index contributed by atoms with van der Waals surface area (Å²) in [6.07, 6.45) is 8.32. The number of rotatable bonds is 2. The van der Waals surface area contributed by atoms with E-state index in [1.54, 1.807) is 11.3 Å². The zero-order valence-corrected chi connectivity index (χ0v) is 17.6. The number of halogens is 1. The van der Waals surface area contributed by atoms with E-state index in [-0.39, 0.29) is 0 Å². The van der Waals surface area contributed by atoms with Crippen LogP contribution in [0.4, 0.5) is 5.82 Å². The largest absolute Gasteiger partial charge is 0.349 e. The summed E-state index contributed by atoms with van der Waals surface area (Å²) in [5.41, 5.74) is 10.7. The molecule has 0 amide bonds. The number of aryl methyl sites for hydroxylation is 1. The first-order chi connectivity index (χ1) is 14.1. The van der Waals surface area contributed by atoms with Gasteiger partial charge in [-0.05, 0) is 38.7 Å². The summed E-state index contributed by atoms with van der Waals surface area (Å²) in [4.78, 5) is 20.0. The van der Waals surface area contributed by atoms with Crippen molar-refractivity contribution < 1.29 is 0 Å². The number of nitrogens with two attached hydrogens (primary N) is 1. The van der Waals surface area contributed by atoms with Crippen molar-refractivity contribution in [2.75, 3.05) is 4.90 Å². The van der Waals surface area contributed by atoms with Gasteiger partial charge in [0.1, 0.15) is 11.3 Å². The highest BCUT2D eigenvalue weighted by molar-refractivity contribution is 7.19. The Kier molecular flexibility index (Phi) is 3.88. The zero-order valence-electron chi connectivity index (χ0n) is 16.0. The van der Waals surface area contributed by atoms with Gasteiger partial charge in [-0.15, -0.1) is 11.3 Å². The highest BCUT2D eigenvalue weighted by atomic mass is 35.5. The van der Waals surface area contributed by atoms with E-state index in [9.17, 15) is 0 Å². The lowest BCUT2D eigenvalue weighted by Crippen LogP contribution is -2.47. The minimum Gasteiger partial charge on any atom is -0.349 e. The Morgan fingerprint density at radius 1 is 1.17 bits per heavy atom. The predicted molar refractivity (Wildman–Crippen MR) is 119 cm³/mol. The first-order valence-corrected chi connectivity index (χ1v) is 11.2. The van der Waals surface area contributed by atoms with E-state index >= 15 is 0 Å². The van der Waals surface area contributed by atoms with Crippen LogP contribution in [0, 0.1) is 6.92 Å². The van der Waals surface area contributed by atoms with Crippen LogP contribution in [-0.4, -0.2) is 38.1 Å². The van der Waals surface area contributed by atoms with E-state index in [0.29, 0.717) is 18.1 Å². The van der Waals surface area contributed by atoms with Gasteiger partial charge in [-0.1, -0.05) is 17.7 Å². The minimum absolute atomic E-state index is 0.310. The molecular weight excluding hydrogens is 404 g/mol. The second-order valence-corrected chi connectivity index (χ2v) is 9.74. The Balaban J connectivity index is 1.42. The molecule has 2 saturated heterocycles. The first-order valence-electron chi connectivity index (χ1n) is 10.0. The van der Waals surface area contributed by atoms with Crippen LogP contribution in [0.25, 0.3) is 32.5 Å². The van der Waals surface area contributed by atoms with E-state index < -0.39 is 0 Å². The Hall–Kier alpha value is -2.22. The highest BCUT2D eigenvalue weighted by Gasteiger charge is 2.40. The molecule has 0 spiro atoms. The van der Waals surface area contributed by atoms with Crippen LogP contribution in [0.3, 0.4) is 0 Å². The second-order valence-electron chi connectivity index (χ2n) is 8.16. The molecule has 3 N–H and O–H groups in total. The summed E-state index contributed by atoms with van der Waals surface area (Å²) >= 11 is 8.37. The van der Waals surface area contributed by atoms with Crippen molar-refractivity contribution in [3.05, 3.63) is 34.6 Å². The van der Waals surface area contributed by atoms with Gasteiger partial charge in [0.05, 0.1) is 26.4 Å². The average Bonchev–Trinajstić information content (AvgIpc) is 3.36. The molecule has 29 heavy (non-hydrogen) atoms. The van der Waals surface area contributed by atoms with Crippen molar-refractivity contribution >= 4 is 50.1 Å². The van der Waals surface area contributed by atoms with Crippen molar-refractivity contribution in [2.24, 2.45) is 5.73 Å². The average molecular weight is 425 g/mol. The Morgan fingerprint density at radius 2 is 1.97 bits per heavy atom. The monoisotopic (exact) mass is 424 g/mol. The molecule has 1 unspecified atom stereocenters. The van der Waals surface area contributed by atoms with Gasteiger partial charge >= 0.3 is 0 Å². The fourth-order valence-corrected chi connectivity index (χ4v) is 6.32. The summed E-state index contributed by atoms with van der Waals surface area (Å²) in [6, 6.07) is 5.32. The van der Waals surface area contributed by atoms with Crippen LogP contribution in [0.1, 0.15) is 30.7 Å². The smallest absolute Gasteiger partial charge is 0.159 e. The van der Waals surface area contributed by atoms with Crippen molar-refractivity contribution in [2.45, 2.75) is 50.7 Å². The van der Waals surface area contributed by atoms with Crippen LogP contribution in [0.15, 0.2) is 24.5 Å². The molecule has 0 radical (unpaired) electrons. The lowest BCUT2D eigenvalue weighted by atomic mass is 9.98. The molecule has 2 aliphatic heterocycles. The molecule has 6 rings (SSSR count). The van der Waals surface area contributed by atoms with Crippen LogP contribution >= 0.6 is 22.9 Å². The quantitative estimate of drug-likeness (QED) is 0.489. The summed E-state index contributed by atoms with van der Waals surface area (Å²) < 4.78 is 1.02. The number of thiazole rings is 1. The number of aromatic nitrogens is 4. The molecule has 148 valence electrons. The Bertz CT molecular complexity index is 1230. The number of hydrogen-bond acceptors (Lipinski definition) is 6. The fourth-order valence-electron chi connectivity index (χ4n) is 5.09. The molecule has 2 fully saturated rings. The fraction of sp³-hybridized carbons (Fsp3) is 0.381. The standard InChI is InChI=1S/C21H21ClN6S/c1-10-26-16-5-4-14(18(22)20(16)29-10)15-8-25-21-19(15)24-9-17(27-21)28-12-2-3-13(28)7-11(23)6-12/h4-5,8-9,11-13H,2-3,6-7,23H2,1H3,(H,25,27)/t11?,12-,13+. The molecule has 3 atom stereocenters. The third-order valence-electron chi connectivity index (χ3n) is 6.30. The molecule has 6 nitrogen and oxygen atoms in total. The van der Waals surface area contributed by atoms with Gasteiger partial charge in [-0.3, -0.25) is 0 Å². The van der Waals surface area contributed by atoms with E-state index in [2.05, 4.69) is 14.9 Å². The molecule has 2 aliphatic rings. The molecule has 4 aromatic rings. The lowest BCUT2D eigenvalue weighted by Gasteiger charge is -2.38. The van der Waals surface area contributed by atoms with Crippen molar-refractivity contribution in [1.82, 2.24) is 19.9 Å². The number of hydrogen-bond donors (Lipinski definition) is 2. The van der Waals surface area contributed by atoms with E-state index in [1.165, 1.54) is 12.8 Å². The van der Waals surface area contributed by atoms with Crippen LogP contribution in [0.5, 0.6) is 0 Å². The van der Waals surface area contributed by atoms with Crippen LogP contribution < -0.4 is 10.6 Å². The Morgan fingerprint density at radius 3 is 2.76 bits per heavy atom. The van der Waals surface area contributed by atoms with Crippen molar-refractivity contribution in [3.8, 4) is 11.1 Å². The molecule has 0 aliphatic carbocycles. The first kappa shape index (κ1) is 17.6. The maximum atomic E-state index is 6.75. The maximum Gasteiger partial charge on any atom is 0.159 e. The number of fused-ring (bicyclic) bond motifs is 4. The summed E-state index contributed by atoms with van der Waals surface area (Å²) in [5.74, 6) is 0.949. The van der Waals surface area contributed by atoms with Gasteiger partial charge in [-0.2, -0.15) is 0 Å². The predicted octanol–water partition coefficient (Wildman–Crippen LogP) is 4.65. The number of anilines is 1. The number of aromatic amines is 1. The SMILES string of the molecule is Cc1nc2ccc(-c3c[nH]c4nc(N5[C@@H]6CC[C@H]5CC(N)C6)cnc34)c(Cl)c2s1. The molecule has 8 heteroatoms. The van der Waals surface area contributed by atoms with E-state index in [1.807, 2.05) is 31.5 Å². The summed E-state index contributed by atoms with van der Waals surface area (Å²) in [6.45, 7) is 2.00. The molecular formula is C21H21ClN6S. The number of H-pyrrole nitrogens is 1. The number of benzene rings is 1. The van der Waals surface area contributed by atoms with Gasteiger partial charge in [0.15, 0.2) is 5.65 Å². The van der Waals surface area contributed by atoms with Crippen molar-refractivity contribution in [3.63, 3.8) is 0 Å². The zero-order chi connectivity index (χ0) is 19.7. The maximum absolute atomic E-state index is 6.75. The van der Waals surface area contributed by atoms with Gasteiger partial charge < -0.3 is 15.6 Å². The van der Waals surface area contributed by atoms with Crippen molar-refractivity contribution in [1.29, 1.82) is 0 Å². The van der Waals surface area contributed by atoms with Crippen LogP contribution in [0.2, 0.25) is 5.02 Å². The number of nitrogens with zero attached hydrogens (tertiary/aromatic N) is 4. The van der Waals surface area contributed by atoms with E-state index in [0.717, 1.165) is 61.2 Å². The molecule has 2 bridgehead atoms. The number of piperidine rings is 1. The summed E-state index contributed by atoms with van der Waals surface area (Å²) in [7, 11) is 0. The Labute approximate surface area is 177 Å². The molecule has 1 aromatic carbocycles.